The van der Waals surface area contributed by atoms with E-state index in [1.807, 2.05) is 36.4 Å². The van der Waals surface area contributed by atoms with Gasteiger partial charge in [0.05, 0.1) is 22.1 Å². The normalized spacial score (nSPS) is 11.6. The zero-order chi connectivity index (χ0) is 37.9. The van der Waals surface area contributed by atoms with E-state index < -0.39 is 0 Å². The van der Waals surface area contributed by atoms with Crippen molar-refractivity contribution < 1.29 is 0 Å². The molecule has 0 aliphatic carbocycles. The van der Waals surface area contributed by atoms with Gasteiger partial charge in [-0.25, -0.2) is 15.0 Å². The van der Waals surface area contributed by atoms with E-state index in [-0.39, 0.29) is 0 Å². The largest absolute Gasteiger partial charge is 0.309 e. The molecular formula is C52H35N5. The van der Waals surface area contributed by atoms with Gasteiger partial charge in [-0.3, -0.25) is 0 Å². The number of aryl methyl sites for hydroxylation is 1. The van der Waals surface area contributed by atoms with Crippen LogP contribution in [0.5, 0.6) is 0 Å². The summed E-state index contributed by atoms with van der Waals surface area (Å²) < 4.78 is 4.84. The van der Waals surface area contributed by atoms with Crippen LogP contribution in [0.4, 0.5) is 0 Å². The minimum absolute atomic E-state index is 0.616. The summed E-state index contributed by atoms with van der Waals surface area (Å²) in [5.74, 6) is 1.88. The van der Waals surface area contributed by atoms with E-state index in [4.69, 9.17) is 15.0 Å². The molecule has 11 rings (SSSR count). The molecular weight excluding hydrogens is 695 g/mol. The van der Waals surface area contributed by atoms with E-state index in [1.165, 1.54) is 32.6 Å². The van der Waals surface area contributed by atoms with Crippen LogP contribution in [0, 0.1) is 6.92 Å². The third-order valence-electron chi connectivity index (χ3n) is 11.0. The molecule has 0 radical (unpaired) electrons. The molecule has 3 aromatic heterocycles. The fourth-order valence-electron chi connectivity index (χ4n) is 8.43. The first kappa shape index (κ1) is 32.8. The maximum atomic E-state index is 5.19. The van der Waals surface area contributed by atoms with Gasteiger partial charge in [-0.2, -0.15) is 0 Å². The number of para-hydroxylation sites is 3. The Labute approximate surface area is 329 Å². The number of nitrogens with zero attached hydrogens (tertiary/aromatic N) is 5. The number of benzene rings is 8. The highest BCUT2D eigenvalue weighted by molar-refractivity contribution is 6.26. The van der Waals surface area contributed by atoms with Gasteiger partial charge in [0, 0.05) is 49.6 Å². The topological polar surface area (TPSA) is 48.5 Å². The smallest absolute Gasteiger partial charge is 0.164 e. The summed E-state index contributed by atoms with van der Waals surface area (Å²) in [6.45, 7) is 2.14. The highest BCUT2D eigenvalue weighted by Crippen LogP contribution is 2.43. The first-order valence-electron chi connectivity index (χ1n) is 19.3. The van der Waals surface area contributed by atoms with Gasteiger partial charge in [0.25, 0.3) is 0 Å². The minimum atomic E-state index is 0.616. The summed E-state index contributed by atoms with van der Waals surface area (Å²) in [5, 5.41) is 4.82. The van der Waals surface area contributed by atoms with E-state index in [0.717, 1.165) is 55.7 Å². The van der Waals surface area contributed by atoms with E-state index in [0.29, 0.717) is 17.5 Å². The van der Waals surface area contributed by atoms with Crippen LogP contribution < -0.4 is 0 Å². The lowest BCUT2D eigenvalue weighted by Crippen LogP contribution is -2.02. The lowest BCUT2D eigenvalue weighted by Gasteiger charge is -2.15. The molecule has 11 aromatic rings. The summed E-state index contributed by atoms with van der Waals surface area (Å²) in [4.78, 5) is 15.4. The molecule has 0 saturated carbocycles. The summed E-state index contributed by atoms with van der Waals surface area (Å²) in [7, 11) is 0. The molecule has 0 atom stereocenters. The lowest BCUT2D eigenvalue weighted by molar-refractivity contribution is 1.07. The van der Waals surface area contributed by atoms with Gasteiger partial charge in [0.15, 0.2) is 17.5 Å². The van der Waals surface area contributed by atoms with Crippen LogP contribution in [0.3, 0.4) is 0 Å². The first-order chi connectivity index (χ1) is 28.2. The van der Waals surface area contributed by atoms with Crippen molar-refractivity contribution in [3.8, 4) is 56.7 Å². The van der Waals surface area contributed by atoms with Gasteiger partial charge in [-0.05, 0) is 66.6 Å². The molecule has 0 aliphatic rings. The minimum Gasteiger partial charge on any atom is -0.309 e. The van der Waals surface area contributed by atoms with Crippen molar-refractivity contribution in [1.29, 1.82) is 0 Å². The zero-order valence-electron chi connectivity index (χ0n) is 31.2. The molecule has 0 amide bonds. The Hall–Kier alpha value is -7.63. The van der Waals surface area contributed by atoms with E-state index in [2.05, 4.69) is 174 Å². The van der Waals surface area contributed by atoms with Crippen LogP contribution in [-0.2, 0) is 0 Å². The van der Waals surface area contributed by atoms with Gasteiger partial charge >= 0.3 is 0 Å². The monoisotopic (exact) mass is 729 g/mol. The molecule has 0 saturated heterocycles. The molecule has 57 heavy (non-hydrogen) atoms. The lowest BCUT2D eigenvalue weighted by atomic mass is 9.99. The average Bonchev–Trinajstić information content (AvgIpc) is 3.80. The van der Waals surface area contributed by atoms with Crippen molar-refractivity contribution >= 4 is 43.6 Å². The quantitative estimate of drug-likeness (QED) is 0.171. The molecule has 0 aliphatic heterocycles. The average molecular weight is 730 g/mol. The summed E-state index contributed by atoms with van der Waals surface area (Å²) in [5.41, 5.74) is 13.0. The van der Waals surface area contributed by atoms with Crippen molar-refractivity contribution in [2.24, 2.45) is 0 Å². The predicted molar refractivity (Wildman–Crippen MR) is 235 cm³/mol. The van der Waals surface area contributed by atoms with Crippen LogP contribution in [-0.4, -0.2) is 24.1 Å². The Balaban J connectivity index is 1.25. The van der Waals surface area contributed by atoms with Crippen molar-refractivity contribution in [3.05, 3.63) is 200 Å². The Morgan fingerprint density at radius 1 is 0.333 bits per heavy atom. The molecule has 0 N–H and O–H groups in total. The van der Waals surface area contributed by atoms with E-state index >= 15 is 0 Å². The second-order valence-electron chi connectivity index (χ2n) is 14.6. The molecule has 0 spiro atoms. The Morgan fingerprint density at radius 3 is 1.54 bits per heavy atom. The molecule has 0 fully saturated rings. The van der Waals surface area contributed by atoms with Crippen LogP contribution in [0.15, 0.2) is 194 Å². The van der Waals surface area contributed by atoms with Crippen molar-refractivity contribution in [1.82, 2.24) is 24.1 Å². The molecule has 5 nitrogen and oxygen atoms in total. The molecule has 268 valence electrons. The van der Waals surface area contributed by atoms with Gasteiger partial charge < -0.3 is 9.13 Å². The maximum absolute atomic E-state index is 5.19. The standard InChI is InChI=1S/C52H35N5/c1-34-16-15-21-37(30-34)38-31-39(52-54-50(35-17-5-2-6-18-35)53-51(55-52)36-19-7-3-8-20-36)33-41(32-38)57-45-26-13-11-24-42(45)43-28-29-47-48(49(43)57)44-25-12-14-27-46(44)56(47)40-22-9-4-10-23-40/h2-33H,1H3. The van der Waals surface area contributed by atoms with Crippen LogP contribution in [0.25, 0.3) is 100 Å². The van der Waals surface area contributed by atoms with Crippen molar-refractivity contribution in [3.63, 3.8) is 0 Å². The van der Waals surface area contributed by atoms with Crippen molar-refractivity contribution in [2.75, 3.05) is 0 Å². The Kier molecular flexibility index (Phi) is 7.64. The SMILES string of the molecule is Cc1cccc(-c2cc(-c3nc(-c4ccccc4)nc(-c4ccccc4)n3)cc(-n3c4ccccc4c4ccc5c(c6ccccc6n5-c5ccccc5)c43)c2)c1. The van der Waals surface area contributed by atoms with Crippen LogP contribution >= 0.6 is 0 Å². The predicted octanol–water partition coefficient (Wildman–Crippen LogP) is 13.0. The highest BCUT2D eigenvalue weighted by Gasteiger charge is 2.22. The second-order valence-corrected chi connectivity index (χ2v) is 14.6. The van der Waals surface area contributed by atoms with Gasteiger partial charge in [-0.1, -0.05) is 151 Å². The first-order valence-corrected chi connectivity index (χ1v) is 19.3. The summed E-state index contributed by atoms with van der Waals surface area (Å²) in [6.07, 6.45) is 0. The maximum Gasteiger partial charge on any atom is 0.164 e. The van der Waals surface area contributed by atoms with Gasteiger partial charge in [-0.15, -0.1) is 0 Å². The summed E-state index contributed by atoms with van der Waals surface area (Å²) >= 11 is 0. The number of fused-ring (bicyclic) bond motifs is 7. The molecule has 8 aromatic carbocycles. The Morgan fingerprint density at radius 2 is 0.877 bits per heavy atom. The molecule has 0 unspecified atom stereocenters. The fourth-order valence-corrected chi connectivity index (χ4v) is 8.43. The van der Waals surface area contributed by atoms with Crippen LogP contribution in [0.2, 0.25) is 0 Å². The number of aromatic nitrogens is 5. The number of rotatable bonds is 6. The molecule has 0 bridgehead atoms. The molecule has 3 heterocycles. The summed E-state index contributed by atoms with van der Waals surface area (Å²) in [6, 6.07) is 68.6. The van der Waals surface area contributed by atoms with Gasteiger partial charge in [0.2, 0.25) is 0 Å². The second kappa shape index (κ2) is 13.3. The fraction of sp³-hybridized carbons (Fsp3) is 0.0192. The number of hydrogen-bond donors (Lipinski definition) is 0. The third-order valence-corrected chi connectivity index (χ3v) is 11.0. The van der Waals surface area contributed by atoms with E-state index in [9.17, 15) is 0 Å². The van der Waals surface area contributed by atoms with Gasteiger partial charge in [0.1, 0.15) is 0 Å². The highest BCUT2D eigenvalue weighted by atomic mass is 15.0. The van der Waals surface area contributed by atoms with Crippen molar-refractivity contribution in [2.45, 2.75) is 6.92 Å². The zero-order valence-corrected chi connectivity index (χ0v) is 31.2. The number of hydrogen-bond acceptors (Lipinski definition) is 3. The third kappa shape index (κ3) is 5.51. The Bertz CT molecular complexity index is 3230. The molecule has 5 heteroatoms. The van der Waals surface area contributed by atoms with E-state index in [1.54, 1.807) is 0 Å². The van der Waals surface area contributed by atoms with Crippen LogP contribution in [0.1, 0.15) is 5.56 Å².